The molecule has 252 valence electrons. The first kappa shape index (κ1) is 32.2. The molecule has 0 N–H and O–H groups in total. The Labute approximate surface area is 310 Å². The van der Waals surface area contributed by atoms with E-state index in [2.05, 4.69) is 47.0 Å². The highest BCUT2D eigenvalue weighted by Crippen LogP contribution is 2.40. The first-order valence-corrected chi connectivity index (χ1v) is 17.3. The molecule has 9 rings (SSSR count). The lowest BCUT2D eigenvalue weighted by Crippen LogP contribution is -2.02. The van der Waals surface area contributed by atoms with Crippen LogP contribution in [-0.4, -0.2) is 19.5 Å². The summed E-state index contributed by atoms with van der Waals surface area (Å²) in [6.07, 6.45) is 0. The molecule has 0 fully saturated rings. The molecule has 7 aromatic carbocycles. The van der Waals surface area contributed by atoms with E-state index in [4.69, 9.17) is 15.0 Å². The molecular formula is C47H27FN6. The van der Waals surface area contributed by atoms with E-state index in [0.29, 0.717) is 34.2 Å². The average Bonchev–Trinajstić information content (AvgIpc) is 3.57. The highest BCUT2D eigenvalue weighted by molar-refractivity contribution is 6.11. The summed E-state index contributed by atoms with van der Waals surface area (Å²) in [4.78, 5) is 14.9. The van der Waals surface area contributed by atoms with Crippen molar-refractivity contribution in [1.29, 1.82) is 10.5 Å². The molecule has 0 radical (unpaired) electrons. The summed E-state index contributed by atoms with van der Waals surface area (Å²) in [5, 5.41) is 21.6. The average molecular weight is 695 g/mol. The summed E-state index contributed by atoms with van der Waals surface area (Å²) >= 11 is 0. The Kier molecular flexibility index (Phi) is 8.00. The zero-order chi connectivity index (χ0) is 36.6. The summed E-state index contributed by atoms with van der Waals surface area (Å²) in [6, 6.07) is 56.2. The van der Waals surface area contributed by atoms with Crippen molar-refractivity contribution in [2.45, 2.75) is 0 Å². The smallest absolute Gasteiger partial charge is 0.164 e. The van der Waals surface area contributed by atoms with Gasteiger partial charge in [0.05, 0.1) is 40.0 Å². The summed E-state index contributed by atoms with van der Waals surface area (Å²) in [6.45, 7) is 0. The largest absolute Gasteiger partial charge is 0.309 e. The molecule has 0 aliphatic rings. The Morgan fingerprint density at radius 1 is 0.444 bits per heavy atom. The summed E-state index contributed by atoms with van der Waals surface area (Å²) in [5.74, 6) is 1.25. The fraction of sp³-hybridized carbons (Fsp3) is 0. The van der Waals surface area contributed by atoms with E-state index in [9.17, 15) is 14.9 Å². The zero-order valence-electron chi connectivity index (χ0n) is 28.6. The maximum absolute atomic E-state index is 14.9. The number of fused-ring (bicyclic) bond motifs is 3. The van der Waals surface area contributed by atoms with Crippen LogP contribution in [0, 0.1) is 28.5 Å². The van der Waals surface area contributed by atoms with Crippen molar-refractivity contribution in [2.24, 2.45) is 0 Å². The zero-order valence-corrected chi connectivity index (χ0v) is 28.6. The fourth-order valence-corrected chi connectivity index (χ4v) is 7.05. The van der Waals surface area contributed by atoms with Crippen LogP contribution >= 0.6 is 0 Å². The van der Waals surface area contributed by atoms with E-state index >= 15 is 0 Å². The molecule has 0 spiro atoms. The molecule has 0 atom stereocenters. The van der Waals surface area contributed by atoms with Crippen molar-refractivity contribution in [3.63, 3.8) is 0 Å². The van der Waals surface area contributed by atoms with E-state index < -0.39 is 0 Å². The van der Waals surface area contributed by atoms with Crippen LogP contribution in [0.5, 0.6) is 0 Å². The van der Waals surface area contributed by atoms with Crippen molar-refractivity contribution < 1.29 is 4.39 Å². The van der Waals surface area contributed by atoms with Gasteiger partial charge in [0.25, 0.3) is 0 Å². The predicted octanol–water partition coefficient (Wildman–Crippen LogP) is 11.2. The van der Waals surface area contributed by atoms with E-state index in [0.717, 1.165) is 60.9 Å². The molecule has 2 heterocycles. The van der Waals surface area contributed by atoms with Crippen molar-refractivity contribution in [2.75, 3.05) is 0 Å². The molecule has 2 aromatic heterocycles. The number of halogens is 1. The lowest BCUT2D eigenvalue weighted by atomic mass is 9.97. The molecule has 54 heavy (non-hydrogen) atoms. The first-order valence-electron chi connectivity index (χ1n) is 17.3. The second kappa shape index (κ2) is 13.4. The van der Waals surface area contributed by atoms with Crippen LogP contribution in [0.1, 0.15) is 11.1 Å². The number of nitriles is 2. The van der Waals surface area contributed by atoms with Gasteiger partial charge in [0.15, 0.2) is 17.5 Å². The fourth-order valence-electron chi connectivity index (χ4n) is 7.05. The Balaban J connectivity index is 1.33. The minimum Gasteiger partial charge on any atom is -0.309 e. The Morgan fingerprint density at radius 3 is 1.72 bits per heavy atom. The molecule has 0 amide bonds. The predicted molar refractivity (Wildman–Crippen MR) is 211 cm³/mol. The Morgan fingerprint density at radius 2 is 1.04 bits per heavy atom. The van der Waals surface area contributed by atoms with Gasteiger partial charge in [-0.1, -0.05) is 121 Å². The third kappa shape index (κ3) is 5.73. The van der Waals surface area contributed by atoms with Crippen molar-refractivity contribution in [1.82, 2.24) is 19.5 Å². The molecule has 0 unspecified atom stereocenters. The maximum atomic E-state index is 14.9. The molecule has 9 aromatic rings. The van der Waals surface area contributed by atoms with Crippen molar-refractivity contribution in [3.8, 4) is 74.2 Å². The highest BCUT2D eigenvalue weighted by Gasteiger charge is 2.20. The molecule has 0 saturated carbocycles. The third-order valence-electron chi connectivity index (χ3n) is 9.59. The van der Waals surface area contributed by atoms with Gasteiger partial charge in [-0.05, 0) is 59.2 Å². The van der Waals surface area contributed by atoms with Crippen LogP contribution in [0.2, 0.25) is 0 Å². The van der Waals surface area contributed by atoms with Crippen molar-refractivity contribution >= 4 is 21.8 Å². The van der Waals surface area contributed by atoms with Gasteiger partial charge in [-0.2, -0.15) is 10.5 Å². The third-order valence-corrected chi connectivity index (χ3v) is 9.59. The molecule has 6 nitrogen and oxygen atoms in total. The van der Waals surface area contributed by atoms with E-state index in [1.807, 2.05) is 103 Å². The Hall–Kier alpha value is -7.74. The van der Waals surface area contributed by atoms with Gasteiger partial charge in [0.2, 0.25) is 0 Å². The first-order chi connectivity index (χ1) is 26.6. The highest BCUT2D eigenvalue weighted by atomic mass is 19.1. The molecule has 0 saturated heterocycles. The van der Waals surface area contributed by atoms with Gasteiger partial charge in [-0.3, -0.25) is 0 Å². The van der Waals surface area contributed by atoms with Crippen LogP contribution in [0.4, 0.5) is 4.39 Å². The lowest BCUT2D eigenvalue weighted by Gasteiger charge is -2.17. The summed E-state index contributed by atoms with van der Waals surface area (Å²) < 4.78 is 17.1. The van der Waals surface area contributed by atoms with Crippen LogP contribution in [-0.2, 0) is 0 Å². The maximum Gasteiger partial charge on any atom is 0.164 e. The second-order valence-corrected chi connectivity index (χ2v) is 12.8. The molecule has 0 aliphatic heterocycles. The van der Waals surface area contributed by atoms with Gasteiger partial charge in [0, 0.05) is 33.0 Å². The number of rotatable bonds is 6. The molecule has 7 heteroatoms. The molecular weight excluding hydrogens is 668 g/mol. The second-order valence-electron chi connectivity index (χ2n) is 12.8. The monoisotopic (exact) mass is 694 g/mol. The number of benzene rings is 7. The summed E-state index contributed by atoms with van der Waals surface area (Å²) in [5.41, 5.74) is 9.03. The van der Waals surface area contributed by atoms with Gasteiger partial charge in [0.1, 0.15) is 5.82 Å². The number of nitrogens with zero attached hydrogens (tertiary/aromatic N) is 6. The van der Waals surface area contributed by atoms with Crippen LogP contribution in [0.15, 0.2) is 164 Å². The number of para-hydroxylation sites is 1. The minimum atomic E-state index is -0.339. The Bertz CT molecular complexity index is 2920. The summed E-state index contributed by atoms with van der Waals surface area (Å²) in [7, 11) is 0. The SMILES string of the molecule is N#Cc1ccc(-c2ccc3c4ccccc4n(-c4cc(-c5nc(-c6ccccc6)nc(-c6ccccc6)n5)ccc4-c4cccc(F)c4)c3c2)c(C#N)c1. The minimum absolute atomic E-state index is 0.339. The van der Waals surface area contributed by atoms with Gasteiger partial charge >= 0.3 is 0 Å². The van der Waals surface area contributed by atoms with E-state index in [1.54, 1.807) is 18.2 Å². The quantitative estimate of drug-likeness (QED) is 0.173. The molecule has 0 bridgehead atoms. The van der Waals surface area contributed by atoms with Crippen LogP contribution < -0.4 is 0 Å². The van der Waals surface area contributed by atoms with Crippen LogP contribution in [0.25, 0.3) is 83.9 Å². The molecule has 0 aliphatic carbocycles. The van der Waals surface area contributed by atoms with Gasteiger partial charge in [-0.15, -0.1) is 0 Å². The number of hydrogen-bond donors (Lipinski definition) is 0. The number of hydrogen-bond acceptors (Lipinski definition) is 5. The van der Waals surface area contributed by atoms with Crippen molar-refractivity contribution in [3.05, 3.63) is 181 Å². The normalized spacial score (nSPS) is 11.0. The standard InChI is InChI=1S/C47H27FN6/c48-37-15-9-14-33(25-37)39-22-20-35(47-52-45(31-10-3-1-4-11-31)51-46(53-47)32-12-5-2-6-13-32)27-43(39)54-42-17-8-7-16-40(42)41-23-19-34(26-44(41)54)38-21-18-30(28-49)24-36(38)29-50/h1-27H. The lowest BCUT2D eigenvalue weighted by molar-refractivity contribution is 0.628. The topological polar surface area (TPSA) is 91.2 Å². The number of aromatic nitrogens is 4. The van der Waals surface area contributed by atoms with Gasteiger partial charge < -0.3 is 4.57 Å². The van der Waals surface area contributed by atoms with E-state index in [-0.39, 0.29) is 5.82 Å². The van der Waals surface area contributed by atoms with Crippen LogP contribution in [0.3, 0.4) is 0 Å². The van der Waals surface area contributed by atoms with Gasteiger partial charge in [-0.25, -0.2) is 19.3 Å². The van der Waals surface area contributed by atoms with E-state index in [1.165, 1.54) is 12.1 Å².